The van der Waals surface area contributed by atoms with Crippen molar-refractivity contribution in [2.24, 2.45) is 0 Å². The van der Waals surface area contributed by atoms with Gasteiger partial charge in [0.25, 0.3) is 0 Å². The average molecular weight is 340 g/mol. The molecule has 1 amide bonds. The first-order valence-corrected chi connectivity index (χ1v) is 8.19. The van der Waals surface area contributed by atoms with Gasteiger partial charge in [-0.15, -0.1) is 0 Å². The van der Waals surface area contributed by atoms with Gasteiger partial charge in [0.05, 0.1) is 5.52 Å². The van der Waals surface area contributed by atoms with Crippen molar-refractivity contribution in [1.82, 2.24) is 14.9 Å². The van der Waals surface area contributed by atoms with Gasteiger partial charge in [-0.05, 0) is 39.3 Å². The predicted molar refractivity (Wildman–Crippen MR) is 92.2 cm³/mol. The zero-order valence-electron chi connectivity index (χ0n) is 14.5. The van der Waals surface area contributed by atoms with Crippen LogP contribution in [0.4, 0.5) is 4.79 Å². The summed E-state index contributed by atoms with van der Waals surface area (Å²) in [5.74, 6) is 0.0436. The van der Waals surface area contributed by atoms with E-state index in [0.717, 1.165) is 12.1 Å². The first kappa shape index (κ1) is 17.0. The maximum atomic E-state index is 12.3. The number of amides is 1. The van der Waals surface area contributed by atoms with Crippen LogP contribution in [0.15, 0.2) is 23.1 Å². The number of fused-ring (bicyclic) bond motifs is 1. The number of H-pyrrole nitrogens is 1. The summed E-state index contributed by atoms with van der Waals surface area (Å²) < 4.78 is 5.40. The number of rotatable bonds is 1. The molecule has 130 valence electrons. The molecule has 1 N–H and O–H groups in total. The van der Waals surface area contributed by atoms with Crippen LogP contribution < -0.4 is 5.43 Å². The van der Waals surface area contributed by atoms with E-state index in [-0.39, 0.29) is 28.5 Å². The quantitative estimate of drug-likeness (QED) is 0.860. The van der Waals surface area contributed by atoms with Gasteiger partial charge in [0.2, 0.25) is 5.43 Å². The lowest BCUT2D eigenvalue weighted by atomic mass is 10.0. The highest BCUT2D eigenvalue weighted by atomic mass is 16.6. The van der Waals surface area contributed by atoms with Crippen molar-refractivity contribution in [3.05, 3.63) is 39.8 Å². The van der Waals surface area contributed by atoms with Crippen LogP contribution in [0.1, 0.15) is 44.4 Å². The molecule has 1 saturated heterocycles. The molecule has 1 atom stereocenters. The van der Waals surface area contributed by atoms with Crippen LogP contribution in [-0.2, 0) is 4.74 Å². The maximum Gasteiger partial charge on any atom is 0.410 e. The Morgan fingerprint density at radius 1 is 1.44 bits per heavy atom. The number of hydrogen-bond acceptors (Lipinski definition) is 5. The second-order valence-corrected chi connectivity index (χ2v) is 7.19. The minimum atomic E-state index is -0.530. The standard InChI is InChI=1S/C18H20N4O3/c1-18(2,3)25-17(24)22-7-6-11(10-22)13-4-5-14-15(21-13)16(23)12(8-19)9-20-14/h4-5,9,11H,6-7,10H2,1-3H3,(H,20,23). The van der Waals surface area contributed by atoms with Crippen LogP contribution in [0.2, 0.25) is 0 Å². The number of carbonyl (C=O) groups is 1. The summed E-state index contributed by atoms with van der Waals surface area (Å²) in [6.45, 7) is 6.60. The second-order valence-electron chi connectivity index (χ2n) is 7.19. The van der Waals surface area contributed by atoms with E-state index in [4.69, 9.17) is 10.00 Å². The number of nitrogens with zero attached hydrogens (tertiary/aromatic N) is 3. The van der Waals surface area contributed by atoms with E-state index in [1.54, 1.807) is 11.0 Å². The normalized spacial score (nSPS) is 17.5. The van der Waals surface area contributed by atoms with Gasteiger partial charge in [0.15, 0.2) is 0 Å². The van der Waals surface area contributed by atoms with E-state index in [9.17, 15) is 9.59 Å². The zero-order valence-corrected chi connectivity index (χ0v) is 14.5. The minimum absolute atomic E-state index is 0.0407. The van der Waals surface area contributed by atoms with Crippen molar-refractivity contribution in [2.75, 3.05) is 13.1 Å². The number of pyridine rings is 2. The molecule has 25 heavy (non-hydrogen) atoms. The topological polar surface area (TPSA) is 99.1 Å². The van der Waals surface area contributed by atoms with Crippen molar-refractivity contribution >= 4 is 17.1 Å². The monoisotopic (exact) mass is 340 g/mol. The fourth-order valence-electron chi connectivity index (χ4n) is 2.91. The number of nitriles is 1. The molecule has 2 aromatic rings. The number of aromatic amines is 1. The molecule has 0 aromatic carbocycles. The van der Waals surface area contributed by atoms with Gasteiger partial charge in [-0.3, -0.25) is 4.79 Å². The first-order chi connectivity index (χ1) is 11.8. The van der Waals surface area contributed by atoms with Gasteiger partial charge in [0, 0.05) is 30.9 Å². The summed E-state index contributed by atoms with van der Waals surface area (Å²) in [7, 11) is 0. The third-order valence-corrected chi connectivity index (χ3v) is 4.13. The molecular formula is C18H20N4O3. The number of likely N-dealkylation sites (tertiary alicyclic amines) is 1. The van der Waals surface area contributed by atoms with Gasteiger partial charge in [-0.1, -0.05) is 0 Å². The first-order valence-electron chi connectivity index (χ1n) is 8.19. The van der Waals surface area contributed by atoms with Gasteiger partial charge in [-0.25, -0.2) is 9.78 Å². The molecule has 1 aliphatic rings. The van der Waals surface area contributed by atoms with E-state index < -0.39 is 5.60 Å². The molecule has 1 unspecified atom stereocenters. The van der Waals surface area contributed by atoms with Crippen molar-refractivity contribution in [2.45, 2.75) is 38.7 Å². The Kier molecular flexibility index (Phi) is 4.21. The molecule has 0 aliphatic carbocycles. The molecule has 3 rings (SSSR count). The highest BCUT2D eigenvalue weighted by Crippen LogP contribution is 2.27. The number of hydrogen-bond donors (Lipinski definition) is 1. The minimum Gasteiger partial charge on any atom is -0.444 e. The lowest BCUT2D eigenvalue weighted by Gasteiger charge is -2.24. The largest absolute Gasteiger partial charge is 0.444 e. The third-order valence-electron chi connectivity index (χ3n) is 4.13. The van der Waals surface area contributed by atoms with E-state index in [1.165, 1.54) is 6.20 Å². The number of nitrogens with one attached hydrogen (secondary N) is 1. The fraction of sp³-hybridized carbons (Fsp3) is 0.444. The molecule has 7 heteroatoms. The summed E-state index contributed by atoms with van der Waals surface area (Å²) in [5.41, 5.74) is 0.734. The van der Waals surface area contributed by atoms with Crippen LogP contribution in [0.5, 0.6) is 0 Å². The number of carbonyl (C=O) groups excluding carboxylic acids is 1. The second kappa shape index (κ2) is 6.20. The van der Waals surface area contributed by atoms with E-state index in [1.807, 2.05) is 32.9 Å². The van der Waals surface area contributed by atoms with Crippen LogP contribution in [0.3, 0.4) is 0 Å². The Hall–Kier alpha value is -2.88. The van der Waals surface area contributed by atoms with Gasteiger partial charge < -0.3 is 14.6 Å². The Balaban J connectivity index is 1.84. The van der Waals surface area contributed by atoms with Crippen LogP contribution in [-0.4, -0.2) is 39.7 Å². The highest BCUT2D eigenvalue weighted by Gasteiger charge is 2.31. The SMILES string of the molecule is CC(C)(C)OC(=O)N1CCC(c2ccc3[nH]cc(C#N)c(=O)c3n2)C1. The molecule has 1 fully saturated rings. The summed E-state index contributed by atoms with van der Waals surface area (Å²) in [4.78, 5) is 33.5. The van der Waals surface area contributed by atoms with Gasteiger partial charge in [0.1, 0.15) is 22.8 Å². The number of ether oxygens (including phenoxy) is 1. The number of aromatic nitrogens is 2. The maximum absolute atomic E-state index is 12.3. The Morgan fingerprint density at radius 2 is 2.20 bits per heavy atom. The predicted octanol–water partition coefficient (Wildman–Crippen LogP) is 2.52. The van der Waals surface area contributed by atoms with E-state index in [0.29, 0.717) is 18.6 Å². The van der Waals surface area contributed by atoms with Crippen LogP contribution in [0, 0.1) is 11.3 Å². The molecular weight excluding hydrogens is 320 g/mol. The zero-order chi connectivity index (χ0) is 18.2. The molecule has 3 heterocycles. The Labute approximate surface area is 145 Å². The average Bonchev–Trinajstić information content (AvgIpc) is 3.04. The van der Waals surface area contributed by atoms with Crippen molar-refractivity contribution in [1.29, 1.82) is 5.26 Å². The fourth-order valence-corrected chi connectivity index (χ4v) is 2.91. The molecule has 0 saturated carbocycles. The third kappa shape index (κ3) is 3.48. The molecule has 1 aliphatic heterocycles. The molecule has 0 radical (unpaired) electrons. The lowest BCUT2D eigenvalue weighted by molar-refractivity contribution is 0.0292. The van der Waals surface area contributed by atoms with Crippen molar-refractivity contribution in [3.8, 4) is 6.07 Å². The molecule has 0 bridgehead atoms. The lowest BCUT2D eigenvalue weighted by Crippen LogP contribution is -2.35. The summed E-state index contributed by atoms with van der Waals surface area (Å²) in [5, 5.41) is 8.99. The summed E-state index contributed by atoms with van der Waals surface area (Å²) >= 11 is 0. The Bertz CT molecular complexity index is 921. The van der Waals surface area contributed by atoms with Gasteiger partial charge in [-0.2, -0.15) is 5.26 Å². The molecule has 2 aromatic heterocycles. The molecule has 7 nitrogen and oxygen atoms in total. The van der Waals surface area contributed by atoms with Gasteiger partial charge >= 0.3 is 6.09 Å². The molecule has 0 spiro atoms. The van der Waals surface area contributed by atoms with Crippen LogP contribution >= 0.6 is 0 Å². The van der Waals surface area contributed by atoms with Crippen molar-refractivity contribution in [3.63, 3.8) is 0 Å². The van der Waals surface area contributed by atoms with Crippen LogP contribution in [0.25, 0.3) is 11.0 Å². The highest BCUT2D eigenvalue weighted by molar-refractivity contribution is 5.75. The summed E-state index contributed by atoms with van der Waals surface area (Å²) in [6, 6.07) is 5.51. The van der Waals surface area contributed by atoms with E-state index in [2.05, 4.69) is 9.97 Å². The smallest absolute Gasteiger partial charge is 0.410 e. The van der Waals surface area contributed by atoms with Crippen molar-refractivity contribution < 1.29 is 9.53 Å². The Morgan fingerprint density at radius 3 is 2.88 bits per heavy atom. The summed E-state index contributed by atoms with van der Waals surface area (Å²) in [6.07, 6.45) is 1.82. The van der Waals surface area contributed by atoms with E-state index >= 15 is 0 Å².